The summed E-state index contributed by atoms with van der Waals surface area (Å²) in [5.74, 6) is 0.425. The standard InChI is InChI=1S/C16H14O3S/c1-11-8-9-15-14(10-11)16(12(2)19-15)20(17,18)13-6-4-3-5-7-13/h3-10H,1-2H3. The molecule has 0 unspecified atom stereocenters. The first kappa shape index (κ1) is 12.9. The van der Waals surface area contributed by atoms with E-state index in [1.165, 1.54) is 0 Å². The van der Waals surface area contributed by atoms with Crippen molar-refractivity contribution in [3.8, 4) is 0 Å². The Morgan fingerprint density at radius 3 is 2.35 bits per heavy atom. The fourth-order valence-electron chi connectivity index (χ4n) is 2.36. The Balaban J connectivity index is 2.35. The van der Waals surface area contributed by atoms with Crippen LogP contribution in [0.15, 0.2) is 62.7 Å². The van der Waals surface area contributed by atoms with Gasteiger partial charge in [0.05, 0.1) is 4.90 Å². The van der Waals surface area contributed by atoms with Crippen molar-refractivity contribution in [2.45, 2.75) is 23.6 Å². The van der Waals surface area contributed by atoms with Crippen molar-refractivity contribution in [1.29, 1.82) is 0 Å². The number of fused-ring (bicyclic) bond motifs is 1. The molecule has 0 spiro atoms. The molecule has 1 aromatic heterocycles. The van der Waals surface area contributed by atoms with Crippen molar-refractivity contribution in [2.75, 3.05) is 0 Å². The molecule has 4 heteroatoms. The van der Waals surface area contributed by atoms with Gasteiger partial charge in [-0.2, -0.15) is 0 Å². The molecule has 0 aliphatic heterocycles. The van der Waals surface area contributed by atoms with Crippen LogP contribution in [-0.2, 0) is 9.84 Å². The topological polar surface area (TPSA) is 47.3 Å². The van der Waals surface area contributed by atoms with Gasteiger partial charge >= 0.3 is 0 Å². The summed E-state index contributed by atoms with van der Waals surface area (Å²) in [7, 11) is -3.56. The van der Waals surface area contributed by atoms with Gasteiger partial charge in [0.2, 0.25) is 9.84 Å². The summed E-state index contributed by atoms with van der Waals surface area (Å²) < 4.78 is 31.1. The summed E-state index contributed by atoms with van der Waals surface area (Å²) in [5.41, 5.74) is 1.60. The molecular weight excluding hydrogens is 272 g/mol. The van der Waals surface area contributed by atoms with Crippen molar-refractivity contribution in [3.63, 3.8) is 0 Å². The Kier molecular flexibility index (Phi) is 2.91. The average molecular weight is 286 g/mol. The molecule has 0 saturated carbocycles. The molecule has 0 fully saturated rings. The lowest BCUT2D eigenvalue weighted by Gasteiger charge is -2.03. The van der Waals surface area contributed by atoms with Gasteiger partial charge in [-0.1, -0.05) is 29.8 Å². The Hall–Kier alpha value is -2.07. The van der Waals surface area contributed by atoms with Gasteiger partial charge in [-0.15, -0.1) is 0 Å². The predicted molar refractivity (Wildman–Crippen MR) is 77.6 cm³/mol. The van der Waals surface area contributed by atoms with E-state index >= 15 is 0 Å². The number of rotatable bonds is 2. The van der Waals surface area contributed by atoms with E-state index < -0.39 is 9.84 Å². The third-order valence-corrected chi connectivity index (χ3v) is 5.22. The molecule has 3 aromatic rings. The second kappa shape index (κ2) is 4.49. The highest BCUT2D eigenvalue weighted by Gasteiger charge is 2.25. The van der Waals surface area contributed by atoms with E-state index in [0.717, 1.165) is 5.56 Å². The van der Waals surface area contributed by atoms with Crippen LogP contribution in [0.1, 0.15) is 11.3 Å². The summed E-state index contributed by atoms with van der Waals surface area (Å²) in [4.78, 5) is 0.551. The molecule has 2 aromatic carbocycles. The zero-order valence-electron chi connectivity index (χ0n) is 11.3. The Labute approximate surface area is 117 Å². The summed E-state index contributed by atoms with van der Waals surface area (Å²) in [5, 5.41) is 0.645. The lowest BCUT2D eigenvalue weighted by molar-refractivity contribution is 0.557. The van der Waals surface area contributed by atoms with Gasteiger partial charge in [-0.25, -0.2) is 8.42 Å². The molecule has 3 nitrogen and oxygen atoms in total. The van der Waals surface area contributed by atoms with Gasteiger partial charge in [-0.05, 0) is 38.1 Å². The van der Waals surface area contributed by atoms with Gasteiger partial charge in [0.15, 0.2) is 0 Å². The summed E-state index contributed by atoms with van der Waals surface area (Å²) in [6.45, 7) is 3.62. The Bertz CT molecular complexity index is 875. The van der Waals surface area contributed by atoms with Crippen LogP contribution in [-0.4, -0.2) is 8.42 Å². The first-order chi connectivity index (χ1) is 9.50. The number of sulfone groups is 1. The smallest absolute Gasteiger partial charge is 0.210 e. The fourth-order valence-corrected chi connectivity index (χ4v) is 3.98. The molecule has 0 atom stereocenters. The van der Waals surface area contributed by atoms with Crippen LogP contribution < -0.4 is 0 Å². The summed E-state index contributed by atoms with van der Waals surface area (Å²) >= 11 is 0. The van der Waals surface area contributed by atoms with Crippen molar-refractivity contribution < 1.29 is 12.8 Å². The minimum absolute atomic E-state index is 0.266. The molecule has 0 saturated heterocycles. The minimum atomic E-state index is -3.56. The van der Waals surface area contributed by atoms with Crippen LogP contribution in [0.2, 0.25) is 0 Å². The molecule has 0 bridgehead atoms. The zero-order valence-corrected chi connectivity index (χ0v) is 12.1. The first-order valence-corrected chi connectivity index (χ1v) is 7.78. The van der Waals surface area contributed by atoms with E-state index in [4.69, 9.17) is 4.42 Å². The predicted octanol–water partition coefficient (Wildman–Crippen LogP) is 3.88. The van der Waals surface area contributed by atoms with Crippen molar-refractivity contribution in [1.82, 2.24) is 0 Å². The van der Waals surface area contributed by atoms with Crippen LogP contribution in [0.4, 0.5) is 0 Å². The number of furan rings is 1. The minimum Gasteiger partial charge on any atom is -0.460 e. The van der Waals surface area contributed by atoms with E-state index in [0.29, 0.717) is 16.7 Å². The summed E-state index contributed by atoms with van der Waals surface area (Å²) in [6.07, 6.45) is 0. The first-order valence-electron chi connectivity index (χ1n) is 6.30. The SMILES string of the molecule is Cc1ccc2oc(C)c(S(=O)(=O)c3ccccc3)c2c1. The van der Waals surface area contributed by atoms with Crippen LogP contribution in [0.25, 0.3) is 11.0 Å². The van der Waals surface area contributed by atoms with E-state index in [9.17, 15) is 8.42 Å². The molecule has 20 heavy (non-hydrogen) atoms. The highest BCUT2D eigenvalue weighted by molar-refractivity contribution is 7.91. The molecule has 0 aliphatic rings. The van der Waals surface area contributed by atoms with Crippen LogP contribution >= 0.6 is 0 Å². The molecule has 102 valence electrons. The highest BCUT2D eigenvalue weighted by Crippen LogP contribution is 2.33. The van der Waals surface area contributed by atoms with Gasteiger partial charge in [-0.3, -0.25) is 0 Å². The quantitative estimate of drug-likeness (QED) is 0.718. The Morgan fingerprint density at radius 1 is 0.950 bits per heavy atom. The van der Waals surface area contributed by atoms with Crippen molar-refractivity contribution >= 4 is 20.8 Å². The largest absolute Gasteiger partial charge is 0.460 e. The fraction of sp³-hybridized carbons (Fsp3) is 0.125. The van der Waals surface area contributed by atoms with Gasteiger partial charge < -0.3 is 4.42 Å². The molecule has 0 aliphatic carbocycles. The van der Waals surface area contributed by atoms with E-state index in [1.807, 2.05) is 25.1 Å². The van der Waals surface area contributed by atoms with Crippen LogP contribution in [0.5, 0.6) is 0 Å². The third kappa shape index (κ3) is 1.93. The molecule has 0 radical (unpaired) electrons. The van der Waals surface area contributed by atoms with E-state index in [2.05, 4.69) is 0 Å². The monoisotopic (exact) mass is 286 g/mol. The second-order valence-corrected chi connectivity index (χ2v) is 6.69. The second-order valence-electron chi connectivity index (χ2n) is 4.80. The summed E-state index contributed by atoms with van der Waals surface area (Å²) in [6, 6.07) is 14.0. The van der Waals surface area contributed by atoms with Gasteiger partial charge in [0.25, 0.3) is 0 Å². The van der Waals surface area contributed by atoms with Crippen molar-refractivity contribution in [2.24, 2.45) is 0 Å². The van der Waals surface area contributed by atoms with E-state index in [1.54, 1.807) is 37.3 Å². The normalized spacial score (nSPS) is 11.9. The molecule has 3 rings (SSSR count). The maximum Gasteiger partial charge on any atom is 0.210 e. The Morgan fingerprint density at radius 2 is 1.65 bits per heavy atom. The van der Waals surface area contributed by atoms with Crippen molar-refractivity contribution in [3.05, 3.63) is 59.9 Å². The molecule has 0 amide bonds. The zero-order chi connectivity index (χ0) is 14.3. The van der Waals surface area contributed by atoms with Gasteiger partial charge in [0, 0.05) is 5.39 Å². The maximum absolute atomic E-state index is 12.8. The average Bonchev–Trinajstić information content (AvgIpc) is 2.75. The number of aryl methyl sites for hydroxylation is 2. The highest BCUT2D eigenvalue weighted by atomic mass is 32.2. The number of hydrogen-bond donors (Lipinski definition) is 0. The third-order valence-electron chi connectivity index (χ3n) is 3.28. The van der Waals surface area contributed by atoms with Crippen LogP contribution in [0, 0.1) is 13.8 Å². The molecule has 0 N–H and O–H groups in total. The lowest BCUT2D eigenvalue weighted by Crippen LogP contribution is -2.02. The van der Waals surface area contributed by atoms with Gasteiger partial charge in [0.1, 0.15) is 16.2 Å². The lowest BCUT2D eigenvalue weighted by atomic mass is 10.2. The molecule has 1 heterocycles. The number of benzene rings is 2. The maximum atomic E-state index is 12.8. The van der Waals surface area contributed by atoms with Crippen LogP contribution in [0.3, 0.4) is 0 Å². The molecular formula is C16H14O3S. The number of hydrogen-bond acceptors (Lipinski definition) is 3. The van der Waals surface area contributed by atoms with E-state index in [-0.39, 0.29) is 9.79 Å².